The van der Waals surface area contributed by atoms with Crippen LogP contribution in [0.25, 0.3) is 0 Å². The van der Waals surface area contributed by atoms with Gasteiger partial charge in [0.1, 0.15) is 6.10 Å². The first kappa shape index (κ1) is 13.5. The summed E-state index contributed by atoms with van der Waals surface area (Å²) in [5, 5.41) is 3.32. The molecule has 1 aliphatic rings. The van der Waals surface area contributed by atoms with E-state index in [9.17, 15) is 0 Å². The summed E-state index contributed by atoms with van der Waals surface area (Å²) in [7, 11) is 3.37. The van der Waals surface area contributed by atoms with Crippen molar-refractivity contribution in [1.29, 1.82) is 0 Å². The van der Waals surface area contributed by atoms with Crippen molar-refractivity contribution in [3.05, 3.63) is 18.2 Å². The van der Waals surface area contributed by atoms with Crippen molar-refractivity contribution in [1.82, 2.24) is 14.9 Å². The van der Waals surface area contributed by atoms with Gasteiger partial charge in [-0.15, -0.1) is 0 Å². The number of hydrogen-bond acceptors (Lipinski definition) is 5. The fourth-order valence-corrected chi connectivity index (χ4v) is 2.11. The van der Waals surface area contributed by atoms with Gasteiger partial charge in [-0.2, -0.15) is 0 Å². The summed E-state index contributed by atoms with van der Waals surface area (Å²) < 4.78 is 18.3. The Labute approximate surface area is 107 Å². The van der Waals surface area contributed by atoms with Crippen molar-refractivity contribution in [2.45, 2.75) is 18.8 Å². The smallest absolute Gasteiger partial charge is 0.111 e. The van der Waals surface area contributed by atoms with Crippen LogP contribution in [0.2, 0.25) is 0 Å². The highest BCUT2D eigenvalue weighted by Crippen LogP contribution is 2.18. The lowest BCUT2D eigenvalue weighted by molar-refractivity contribution is 0.00746. The maximum atomic E-state index is 5.74. The number of imidazole rings is 1. The largest absolute Gasteiger partial charge is 0.382 e. The lowest BCUT2D eigenvalue weighted by Gasteiger charge is -2.25. The van der Waals surface area contributed by atoms with Gasteiger partial charge in [-0.1, -0.05) is 0 Å². The van der Waals surface area contributed by atoms with Gasteiger partial charge in [0.2, 0.25) is 0 Å². The van der Waals surface area contributed by atoms with Crippen molar-refractivity contribution >= 4 is 0 Å². The van der Waals surface area contributed by atoms with Crippen LogP contribution in [-0.4, -0.2) is 56.2 Å². The summed E-state index contributed by atoms with van der Waals surface area (Å²) in [5.41, 5.74) is 1.08. The van der Waals surface area contributed by atoms with Gasteiger partial charge in [0, 0.05) is 27.3 Å². The number of hydrogen-bond donors (Lipinski definition) is 1. The van der Waals surface area contributed by atoms with Gasteiger partial charge in [0.15, 0.2) is 0 Å². The van der Waals surface area contributed by atoms with Crippen molar-refractivity contribution in [3.8, 4) is 0 Å². The van der Waals surface area contributed by atoms with Crippen LogP contribution in [0.15, 0.2) is 12.5 Å². The molecule has 1 saturated heterocycles. The number of aromatic nitrogens is 2. The Hall–Kier alpha value is -0.950. The van der Waals surface area contributed by atoms with Crippen LogP contribution in [0.3, 0.4) is 0 Å². The number of nitrogens with one attached hydrogen (secondary N) is 1. The Morgan fingerprint density at radius 2 is 2.50 bits per heavy atom. The molecule has 1 aromatic rings. The maximum absolute atomic E-state index is 5.74. The van der Waals surface area contributed by atoms with E-state index >= 15 is 0 Å². The lowest BCUT2D eigenvalue weighted by Crippen LogP contribution is -2.35. The zero-order valence-electron chi connectivity index (χ0n) is 11.0. The molecule has 18 heavy (non-hydrogen) atoms. The van der Waals surface area contributed by atoms with E-state index in [-0.39, 0.29) is 12.2 Å². The number of nitrogens with zero attached hydrogens (tertiary/aromatic N) is 2. The molecule has 2 rings (SSSR count). The van der Waals surface area contributed by atoms with E-state index < -0.39 is 0 Å². The first-order valence-corrected chi connectivity index (χ1v) is 6.19. The van der Waals surface area contributed by atoms with Gasteiger partial charge in [-0.25, -0.2) is 4.98 Å². The summed E-state index contributed by atoms with van der Waals surface area (Å²) in [6, 6.07) is 0. The first-order chi connectivity index (χ1) is 8.85. The van der Waals surface area contributed by atoms with Crippen molar-refractivity contribution in [2.24, 2.45) is 0 Å². The highest BCUT2D eigenvalue weighted by atomic mass is 16.5. The Bertz CT molecular complexity index is 350. The Morgan fingerprint density at radius 3 is 3.17 bits per heavy atom. The molecule has 0 radical (unpaired) electrons. The van der Waals surface area contributed by atoms with Gasteiger partial charge >= 0.3 is 0 Å². The lowest BCUT2D eigenvalue weighted by atomic mass is 10.2. The number of methoxy groups -OCH3 is 2. The molecule has 2 atom stereocenters. The molecular formula is C12H21N3O3. The minimum atomic E-state index is 0.0273. The zero-order valence-corrected chi connectivity index (χ0v) is 11.0. The van der Waals surface area contributed by atoms with E-state index in [4.69, 9.17) is 14.2 Å². The molecule has 0 saturated carbocycles. The van der Waals surface area contributed by atoms with Gasteiger partial charge in [-0.05, 0) is 0 Å². The fraction of sp³-hybridized carbons (Fsp3) is 0.750. The molecule has 102 valence electrons. The summed E-state index contributed by atoms with van der Waals surface area (Å²) in [6.45, 7) is 3.77. The third kappa shape index (κ3) is 3.29. The number of ether oxygens (including phenoxy) is 3. The van der Waals surface area contributed by atoms with E-state index in [1.54, 1.807) is 14.2 Å². The third-order valence-corrected chi connectivity index (χ3v) is 3.09. The standard InChI is InChI=1S/C12H21N3O3/c1-16-8-10(17-2)7-15-9-14-5-11(15)12-6-13-3-4-18-12/h5,9-10,12-13H,3-4,6-8H2,1-2H3. The average Bonchev–Trinajstić information content (AvgIpc) is 2.87. The van der Waals surface area contributed by atoms with Crippen LogP contribution in [0.4, 0.5) is 0 Å². The summed E-state index contributed by atoms with van der Waals surface area (Å²) in [5.74, 6) is 0. The summed E-state index contributed by atoms with van der Waals surface area (Å²) in [4.78, 5) is 4.20. The topological polar surface area (TPSA) is 57.5 Å². The normalized spacial score (nSPS) is 22.0. The molecule has 1 aliphatic heterocycles. The molecule has 0 aromatic carbocycles. The molecule has 2 heterocycles. The second-order valence-corrected chi connectivity index (χ2v) is 4.35. The van der Waals surface area contributed by atoms with Crippen molar-refractivity contribution < 1.29 is 14.2 Å². The molecular weight excluding hydrogens is 234 g/mol. The van der Waals surface area contributed by atoms with E-state index in [1.807, 2.05) is 12.5 Å². The summed E-state index contributed by atoms with van der Waals surface area (Å²) in [6.07, 6.45) is 3.77. The molecule has 0 aliphatic carbocycles. The molecule has 6 nitrogen and oxygen atoms in total. The van der Waals surface area contributed by atoms with Crippen LogP contribution in [0, 0.1) is 0 Å². The summed E-state index contributed by atoms with van der Waals surface area (Å²) >= 11 is 0. The number of rotatable bonds is 6. The van der Waals surface area contributed by atoms with Gasteiger partial charge in [-0.3, -0.25) is 0 Å². The molecule has 1 N–H and O–H groups in total. The Balaban J connectivity index is 2.01. The average molecular weight is 255 g/mol. The monoisotopic (exact) mass is 255 g/mol. The van der Waals surface area contributed by atoms with E-state index in [0.717, 1.165) is 31.9 Å². The minimum absolute atomic E-state index is 0.0273. The quantitative estimate of drug-likeness (QED) is 0.787. The van der Waals surface area contributed by atoms with E-state index in [0.29, 0.717) is 6.61 Å². The van der Waals surface area contributed by atoms with Crippen LogP contribution in [0.1, 0.15) is 11.8 Å². The first-order valence-electron chi connectivity index (χ1n) is 6.19. The van der Waals surface area contributed by atoms with E-state index in [1.165, 1.54) is 0 Å². The second-order valence-electron chi connectivity index (χ2n) is 4.35. The fourth-order valence-electron chi connectivity index (χ4n) is 2.11. The van der Waals surface area contributed by atoms with Gasteiger partial charge in [0.05, 0.1) is 44.1 Å². The van der Waals surface area contributed by atoms with Crippen LogP contribution in [0.5, 0.6) is 0 Å². The second kappa shape index (κ2) is 6.84. The molecule has 0 amide bonds. The van der Waals surface area contributed by atoms with Crippen LogP contribution < -0.4 is 5.32 Å². The molecule has 0 bridgehead atoms. The molecule has 0 spiro atoms. The predicted octanol–water partition coefficient (Wildman–Crippen LogP) is 0.205. The number of morpholine rings is 1. The zero-order chi connectivity index (χ0) is 12.8. The maximum Gasteiger partial charge on any atom is 0.111 e. The van der Waals surface area contributed by atoms with Crippen LogP contribution in [-0.2, 0) is 20.8 Å². The SMILES string of the molecule is COCC(Cn1cncc1C1CNCCO1)OC. The van der Waals surface area contributed by atoms with E-state index in [2.05, 4.69) is 14.9 Å². The minimum Gasteiger partial charge on any atom is -0.382 e. The van der Waals surface area contributed by atoms with Crippen LogP contribution >= 0.6 is 0 Å². The van der Waals surface area contributed by atoms with Gasteiger partial charge < -0.3 is 24.1 Å². The van der Waals surface area contributed by atoms with Crippen molar-refractivity contribution in [2.75, 3.05) is 40.5 Å². The third-order valence-electron chi connectivity index (χ3n) is 3.09. The van der Waals surface area contributed by atoms with Gasteiger partial charge in [0.25, 0.3) is 0 Å². The molecule has 2 unspecified atom stereocenters. The molecule has 1 aromatic heterocycles. The highest BCUT2D eigenvalue weighted by molar-refractivity contribution is 5.05. The Kier molecular flexibility index (Phi) is 5.12. The Morgan fingerprint density at radius 1 is 1.61 bits per heavy atom. The van der Waals surface area contributed by atoms with Crippen molar-refractivity contribution in [3.63, 3.8) is 0 Å². The molecule has 6 heteroatoms. The highest BCUT2D eigenvalue weighted by Gasteiger charge is 2.20. The molecule has 1 fully saturated rings. The predicted molar refractivity (Wildman–Crippen MR) is 66.5 cm³/mol.